The number of ether oxygens (including phenoxy) is 2. The summed E-state index contributed by atoms with van der Waals surface area (Å²) in [5.41, 5.74) is 1.92. The first-order valence-electron chi connectivity index (χ1n) is 11.0. The van der Waals surface area contributed by atoms with E-state index >= 15 is 0 Å². The number of carbonyl (C=O) groups is 4. The molecule has 174 valence electrons. The maximum Gasteiger partial charge on any atom is 0.338 e. The molecule has 0 spiro atoms. The minimum absolute atomic E-state index is 0.00115. The van der Waals surface area contributed by atoms with Crippen molar-refractivity contribution in [2.24, 2.45) is 5.92 Å². The first kappa shape index (κ1) is 24.0. The lowest BCUT2D eigenvalue weighted by atomic mass is 10.1. The molecule has 2 aromatic rings. The zero-order valence-electron chi connectivity index (χ0n) is 18.8. The van der Waals surface area contributed by atoms with Crippen LogP contribution in [0.1, 0.15) is 48.7 Å². The molecule has 0 bridgehead atoms. The number of hydrogen-bond donors (Lipinski definition) is 1. The minimum atomic E-state index is -0.661. The van der Waals surface area contributed by atoms with E-state index in [-0.39, 0.29) is 24.9 Å². The summed E-state index contributed by atoms with van der Waals surface area (Å²) in [4.78, 5) is 50.4. The molecule has 0 aromatic heterocycles. The molecule has 8 heteroatoms. The van der Waals surface area contributed by atoms with Crippen molar-refractivity contribution in [1.29, 1.82) is 0 Å². The molecule has 2 amide bonds. The van der Waals surface area contributed by atoms with Gasteiger partial charge in [0.05, 0.1) is 24.1 Å². The molecule has 0 radical (unpaired) electrons. The zero-order chi connectivity index (χ0) is 23.8. The van der Waals surface area contributed by atoms with E-state index in [1.807, 2.05) is 44.2 Å². The van der Waals surface area contributed by atoms with Crippen molar-refractivity contribution in [3.8, 4) is 0 Å². The summed E-state index contributed by atoms with van der Waals surface area (Å²) < 4.78 is 10.2. The topological polar surface area (TPSA) is 102 Å². The summed E-state index contributed by atoms with van der Waals surface area (Å²) >= 11 is 0. The Balaban J connectivity index is 1.49. The number of nitrogens with zero attached hydrogens (tertiary/aromatic N) is 1. The second kappa shape index (κ2) is 11.3. The van der Waals surface area contributed by atoms with Crippen LogP contribution < -0.4 is 10.2 Å². The number of carbonyl (C=O) groups excluding carboxylic acids is 4. The number of amides is 2. The van der Waals surface area contributed by atoms with Crippen molar-refractivity contribution in [3.05, 3.63) is 65.7 Å². The first-order valence-corrected chi connectivity index (χ1v) is 11.0. The van der Waals surface area contributed by atoms with Crippen LogP contribution in [0.15, 0.2) is 54.6 Å². The average molecular weight is 453 g/mol. The van der Waals surface area contributed by atoms with Gasteiger partial charge < -0.3 is 19.7 Å². The third-order valence-electron chi connectivity index (χ3n) is 5.33. The van der Waals surface area contributed by atoms with Gasteiger partial charge in [-0.25, -0.2) is 4.79 Å². The van der Waals surface area contributed by atoms with E-state index in [0.29, 0.717) is 17.9 Å². The number of rotatable bonds is 9. The minimum Gasteiger partial charge on any atom is -0.462 e. The molecular weight excluding hydrogens is 424 g/mol. The number of benzene rings is 2. The molecule has 1 saturated heterocycles. The Morgan fingerprint density at radius 2 is 1.76 bits per heavy atom. The average Bonchev–Trinajstić information content (AvgIpc) is 3.23. The quantitative estimate of drug-likeness (QED) is 0.587. The Morgan fingerprint density at radius 1 is 1.06 bits per heavy atom. The molecule has 33 heavy (non-hydrogen) atoms. The highest BCUT2D eigenvalue weighted by Gasteiger charge is 2.36. The van der Waals surface area contributed by atoms with Crippen LogP contribution in [0.25, 0.3) is 0 Å². The molecular formula is C25H28N2O6. The van der Waals surface area contributed by atoms with Crippen LogP contribution in [-0.2, 0) is 23.9 Å². The van der Waals surface area contributed by atoms with E-state index in [0.717, 1.165) is 12.0 Å². The summed E-state index contributed by atoms with van der Waals surface area (Å²) in [5, 5.41) is 2.78. The molecule has 1 heterocycles. The first-order chi connectivity index (χ1) is 15.9. The fraction of sp³-hybridized carbons (Fsp3) is 0.360. The van der Waals surface area contributed by atoms with Gasteiger partial charge in [0, 0.05) is 18.7 Å². The predicted molar refractivity (Wildman–Crippen MR) is 121 cm³/mol. The molecule has 1 aliphatic heterocycles. The van der Waals surface area contributed by atoms with E-state index in [1.165, 1.54) is 4.90 Å². The van der Waals surface area contributed by atoms with E-state index in [2.05, 4.69) is 5.32 Å². The highest BCUT2D eigenvalue weighted by molar-refractivity contribution is 6.00. The Labute approximate surface area is 192 Å². The zero-order valence-corrected chi connectivity index (χ0v) is 18.8. The summed E-state index contributed by atoms with van der Waals surface area (Å²) in [7, 11) is 0. The van der Waals surface area contributed by atoms with Gasteiger partial charge in [0.2, 0.25) is 5.91 Å². The maximum atomic E-state index is 12.4. The van der Waals surface area contributed by atoms with Gasteiger partial charge in [0.1, 0.15) is 0 Å². The number of nitrogens with one attached hydrogen (secondary N) is 1. The van der Waals surface area contributed by atoms with Gasteiger partial charge in [0.25, 0.3) is 5.91 Å². The predicted octanol–water partition coefficient (Wildman–Crippen LogP) is 3.03. The van der Waals surface area contributed by atoms with Gasteiger partial charge in [-0.1, -0.05) is 37.3 Å². The standard InChI is InChI=1S/C25H28N2O6/c1-3-13-32-24(30)19-9-11-21(12-10-19)27-15-20(14-23(27)29)25(31)33-16-22(28)26-17(2)18-7-5-4-6-8-18/h4-12,17,20H,3,13-16H2,1-2H3,(H,26,28)/t17-,20+/m0/s1. The highest BCUT2D eigenvalue weighted by Crippen LogP contribution is 2.26. The maximum absolute atomic E-state index is 12.4. The van der Waals surface area contributed by atoms with Crippen LogP contribution in [0, 0.1) is 5.92 Å². The molecule has 1 aliphatic rings. The van der Waals surface area contributed by atoms with Gasteiger partial charge in [-0.3, -0.25) is 14.4 Å². The van der Waals surface area contributed by atoms with Crippen LogP contribution in [0.4, 0.5) is 5.69 Å². The molecule has 2 aromatic carbocycles. The SMILES string of the molecule is CCCOC(=O)c1ccc(N2C[C@H](C(=O)OCC(=O)N[C@@H](C)c3ccccc3)CC2=O)cc1. The van der Waals surface area contributed by atoms with Crippen LogP contribution in [-0.4, -0.2) is 43.5 Å². The fourth-order valence-electron chi connectivity index (χ4n) is 3.53. The van der Waals surface area contributed by atoms with Crippen LogP contribution >= 0.6 is 0 Å². The van der Waals surface area contributed by atoms with Crippen molar-refractivity contribution in [1.82, 2.24) is 5.32 Å². The third kappa shape index (κ3) is 6.41. The molecule has 0 unspecified atom stereocenters. The lowest BCUT2D eigenvalue weighted by Gasteiger charge is -2.17. The van der Waals surface area contributed by atoms with Gasteiger partial charge in [-0.2, -0.15) is 0 Å². The lowest BCUT2D eigenvalue weighted by molar-refractivity contribution is -0.152. The summed E-state index contributed by atoms with van der Waals surface area (Å²) in [6.45, 7) is 3.85. The fourth-order valence-corrected chi connectivity index (χ4v) is 3.53. The lowest BCUT2D eigenvalue weighted by Crippen LogP contribution is -2.32. The highest BCUT2D eigenvalue weighted by atomic mass is 16.5. The normalized spacial score (nSPS) is 16.2. The van der Waals surface area contributed by atoms with Crippen molar-refractivity contribution in [2.75, 3.05) is 24.7 Å². The van der Waals surface area contributed by atoms with Crippen LogP contribution in [0.5, 0.6) is 0 Å². The van der Waals surface area contributed by atoms with Crippen LogP contribution in [0.3, 0.4) is 0 Å². The summed E-state index contributed by atoms with van der Waals surface area (Å²) in [6.07, 6.45) is 0.735. The number of anilines is 1. The Bertz CT molecular complexity index is 990. The largest absolute Gasteiger partial charge is 0.462 e. The second-order valence-electron chi connectivity index (χ2n) is 7.90. The Morgan fingerprint density at radius 3 is 2.42 bits per heavy atom. The van der Waals surface area contributed by atoms with E-state index in [9.17, 15) is 19.2 Å². The van der Waals surface area contributed by atoms with Crippen molar-refractivity contribution in [3.63, 3.8) is 0 Å². The van der Waals surface area contributed by atoms with Gasteiger partial charge >= 0.3 is 11.9 Å². The Hall–Kier alpha value is -3.68. The van der Waals surface area contributed by atoms with E-state index < -0.39 is 30.4 Å². The molecule has 8 nitrogen and oxygen atoms in total. The summed E-state index contributed by atoms with van der Waals surface area (Å²) in [6, 6.07) is 15.7. The molecule has 1 fully saturated rings. The van der Waals surface area contributed by atoms with Gasteiger partial charge in [0.15, 0.2) is 6.61 Å². The second-order valence-corrected chi connectivity index (χ2v) is 7.90. The third-order valence-corrected chi connectivity index (χ3v) is 5.33. The Kier molecular flexibility index (Phi) is 8.18. The van der Waals surface area contributed by atoms with Crippen LogP contribution in [0.2, 0.25) is 0 Å². The van der Waals surface area contributed by atoms with E-state index in [1.54, 1.807) is 24.3 Å². The number of esters is 2. The monoisotopic (exact) mass is 452 g/mol. The smallest absolute Gasteiger partial charge is 0.338 e. The van der Waals surface area contributed by atoms with Crippen molar-refractivity contribution < 1.29 is 28.7 Å². The number of hydrogen-bond acceptors (Lipinski definition) is 6. The molecule has 3 rings (SSSR count). The summed E-state index contributed by atoms with van der Waals surface area (Å²) in [5.74, 6) is -2.30. The van der Waals surface area contributed by atoms with Crippen molar-refractivity contribution >= 4 is 29.4 Å². The van der Waals surface area contributed by atoms with E-state index in [4.69, 9.17) is 9.47 Å². The van der Waals surface area contributed by atoms with Gasteiger partial charge in [-0.05, 0) is 43.2 Å². The van der Waals surface area contributed by atoms with Crippen molar-refractivity contribution in [2.45, 2.75) is 32.7 Å². The van der Waals surface area contributed by atoms with Gasteiger partial charge in [-0.15, -0.1) is 0 Å². The molecule has 2 atom stereocenters. The molecule has 0 aliphatic carbocycles. The molecule has 0 saturated carbocycles. The molecule has 1 N–H and O–H groups in total.